The minimum atomic E-state index is -0.512. The van der Waals surface area contributed by atoms with Crippen molar-refractivity contribution in [3.63, 3.8) is 0 Å². The zero-order valence-electron chi connectivity index (χ0n) is 23.1. The minimum absolute atomic E-state index is 0.0474. The van der Waals surface area contributed by atoms with Gasteiger partial charge in [0.2, 0.25) is 5.91 Å². The second-order valence-electron chi connectivity index (χ2n) is 11.8. The number of amides is 2. The topological polar surface area (TPSA) is 52.7 Å². The number of halogens is 1. The maximum Gasteiger partial charge on any atom is 0.259 e. The number of piperidine rings is 1. The fraction of sp³-hybridized carbons (Fsp3) is 0.394. The molecule has 2 saturated heterocycles. The van der Waals surface area contributed by atoms with Gasteiger partial charge in [0, 0.05) is 25.3 Å². The van der Waals surface area contributed by atoms with E-state index < -0.39 is 17.8 Å². The Labute approximate surface area is 231 Å². The molecule has 5 nitrogen and oxygen atoms in total. The van der Waals surface area contributed by atoms with Gasteiger partial charge >= 0.3 is 0 Å². The second-order valence-corrected chi connectivity index (χ2v) is 11.8. The number of hydrogen-bond donors (Lipinski definition) is 1. The maximum atomic E-state index is 15.4. The first-order valence-corrected chi connectivity index (χ1v) is 14.0. The predicted molar refractivity (Wildman–Crippen MR) is 155 cm³/mol. The van der Waals surface area contributed by atoms with Gasteiger partial charge in [-0.05, 0) is 66.5 Å². The highest BCUT2D eigenvalue weighted by Gasteiger charge is 2.41. The van der Waals surface area contributed by atoms with E-state index in [1.165, 1.54) is 6.07 Å². The van der Waals surface area contributed by atoms with Crippen molar-refractivity contribution in [2.24, 2.45) is 5.92 Å². The molecular weight excluding hydrogens is 489 g/mol. The van der Waals surface area contributed by atoms with Crippen LogP contribution in [0, 0.1) is 11.7 Å². The summed E-state index contributed by atoms with van der Waals surface area (Å²) in [6, 6.07) is 22.0. The number of anilines is 2. The van der Waals surface area contributed by atoms with E-state index in [2.05, 4.69) is 37.1 Å². The molecule has 0 radical (unpaired) electrons. The van der Waals surface area contributed by atoms with Gasteiger partial charge in [-0.2, -0.15) is 0 Å². The van der Waals surface area contributed by atoms with Crippen molar-refractivity contribution in [1.82, 2.24) is 4.90 Å². The van der Waals surface area contributed by atoms with Crippen LogP contribution < -0.4 is 10.2 Å². The minimum Gasteiger partial charge on any atom is -0.371 e. The Morgan fingerprint density at radius 1 is 0.872 bits per heavy atom. The molecule has 2 amide bonds. The Balaban J connectivity index is 1.49. The van der Waals surface area contributed by atoms with Crippen molar-refractivity contribution in [2.75, 3.05) is 29.9 Å². The van der Waals surface area contributed by atoms with Crippen LogP contribution in [0.4, 0.5) is 15.8 Å². The number of nitrogens with one attached hydrogen (secondary N) is 1. The lowest BCUT2D eigenvalue weighted by molar-refractivity contribution is -0.123. The fourth-order valence-corrected chi connectivity index (χ4v) is 5.95. The van der Waals surface area contributed by atoms with E-state index in [-0.39, 0.29) is 22.8 Å². The molecule has 0 spiro atoms. The molecule has 39 heavy (non-hydrogen) atoms. The Bertz CT molecular complexity index is 1330. The standard InChI is InChI=1S/C33H38FN3O2/c1-33(2,3)24-14-9-15-25(22-24)35-31(38)26-16-11-21-37(30(26)23-12-5-4-6-13-23)32(39)29-27(34)17-10-18-28(29)36-19-7-8-20-36/h4-6,9-10,12-15,17-18,22,26,30H,7-8,11,16,19-21H2,1-3H3,(H,35,38). The van der Waals surface area contributed by atoms with E-state index in [4.69, 9.17) is 0 Å². The van der Waals surface area contributed by atoms with Crippen LogP contribution in [0.5, 0.6) is 0 Å². The lowest BCUT2D eigenvalue weighted by Gasteiger charge is -2.41. The van der Waals surface area contributed by atoms with Crippen LogP contribution in [0.25, 0.3) is 0 Å². The molecule has 2 aliphatic rings. The highest BCUT2D eigenvalue weighted by atomic mass is 19.1. The van der Waals surface area contributed by atoms with Crippen molar-refractivity contribution >= 4 is 23.2 Å². The molecule has 0 aromatic heterocycles. The third-order valence-corrected chi connectivity index (χ3v) is 8.02. The summed E-state index contributed by atoms with van der Waals surface area (Å²) >= 11 is 0. The summed E-state index contributed by atoms with van der Waals surface area (Å²) in [5.74, 6) is -1.45. The summed E-state index contributed by atoms with van der Waals surface area (Å²) < 4.78 is 15.4. The van der Waals surface area contributed by atoms with E-state index in [1.807, 2.05) is 54.6 Å². The lowest BCUT2D eigenvalue weighted by Crippen LogP contribution is -2.47. The van der Waals surface area contributed by atoms with Gasteiger partial charge in [-0.15, -0.1) is 0 Å². The van der Waals surface area contributed by atoms with E-state index in [0.29, 0.717) is 25.1 Å². The number of rotatable bonds is 5. The number of carbonyl (C=O) groups excluding carboxylic acids is 2. The Hall–Kier alpha value is -3.67. The molecule has 3 aromatic rings. The molecule has 2 aliphatic heterocycles. The van der Waals surface area contributed by atoms with Crippen LogP contribution in [-0.4, -0.2) is 36.3 Å². The number of likely N-dealkylation sites (tertiary alicyclic amines) is 1. The van der Waals surface area contributed by atoms with Crippen LogP contribution in [0.1, 0.15) is 74.0 Å². The van der Waals surface area contributed by atoms with Crippen molar-refractivity contribution in [3.8, 4) is 0 Å². The molecule has 1 N–H and O–H groups in total. The highest BCUT2D eigenvalue weighted by molar-refractivity contribution is 6.01. The third kappa shape index (κ3) is 5.70. The third-order valence-electron chi connectivity index (χ3n) is 8.02. The Kier molecular flexibility index (Phi) is 7.74. The Morgan fingerprint density at radius 2 is 1.59 bits per heavy atom. The van der Waals surface area contributed by atoms with Crippen molar-refractivity contribution in [1.29, 1.82) is 0 Å². The summed E-state index contributed by atoms with van der Waals surface area (Å²) in [6.07, 6.45) is 3.37. The van der Waals surface area contributed by atoms with Gasteiger partial charge in [-0.3, -0.25) is 9.59 Å². The lowest BCUT2D eigenvalue weighted by atomic mass is 9.83. The maximum absolute atomic E-state index is 15.4. The number of carbonyl (C=O) groups is 2. The largest absolute Gasteiger partial charge is 0.371 e. The van der Waals surface area contributed by atoms with Gasteiger partial charge in [0.1, 0.15) is 5.82 Å². The summed E-state index contributed by atoms with van der Waals surface area (Å²) in [5, 5.41) is 3.13. The van der Waals surface area contributed by atoms with Gasteiger partial charge < -0.3 is 15.1 Å². The monoisotopic (exact) mass is 527 g/mol. The van der Waals surface area contributed by atoms with Gasteiger partial charge in [-0.1, -0.05) is 69.3 Å². The molecule has 204 valence electrons. The van der Waals surface area contributed by atoms with Crippen molar-refractivity contribution in [2.45, 2.75) is 57.9 Å². The van der Waals surface area contributed by atoms with E-state index in [0.717, 1.165) is 42.7 Å². The summed E-state index contributed by atoms with van der Waals surface area (Å²) in [5.41, 5.74) is 3.47. The van der Waals surface area contributed by atoms with Gasteiger partial charge in [0.15, 0.2) is 0 Å². The normalized spacial score (nSPS) is 19.7. The fourth-order valence-electron chi connectivity index (χ4n) is 5.95. The number of benzene rings is 3. The van der Waals surface area contributed by atoms with Gasteiger partial charge in [0.25, 0.3) is 5.91 Å². The molecule has 3 aromatic carbocycles. The van der Waals surface area contributed by atoms with E-state index >= 15 is 4.39 Å². The average molecular weight is 528 g/mol. The second kappa shape index (κ2) is 11.2. The van der Waals surface area contributed by atoms with Crippen molar-refractivity contribution < 1.29 is 14.0 Å². The molecule has 0 bridgehead atoms. The molecule has 2 heterocycles. The molecular formula is C33H38FN3O2. The zero-order valence-corrected chi connectivity index (χ0v) is 23.1. The molecule has 6 heteroatoms. The first kappa shape index (κ1) is 26.9. The molecule has 2 fully saturated rings. The highest BCUT2D eigenvalue weighted by Crippen LogP contribution is 2.39. The van der Waals surface area contributed by atoms with E-state index in [1.54, 1.807) is 11.0 Å². The average Bonchev–Trinajstić information content (AvgIpc) is 3.47. The van der Waals surface area contributed by atoms with E-state index in [9.17, 15) is 9.59 Å². The number of nitrogens with zero attached hydrogens (tertiary/aromatic N) is 2. The Morgan fingerprint density at radius 3 is 2.31 bits per heavy atom. The molecule has 2 unspecified atom stereocenters. The molecule has 2 atom stereocenters. The van der Waals surface area contributed by atoms with Crippen LogP contribution in [-0.2, 0) is 10.2 Å². The summed E-state index contributed by atoms with van der Waals surface area (Å²) in [6.45, 7) is 8.51. The molecule has 0 aliphatic carbocycles. The van der Waals surface area contributed by atoms with Crippen LogP contribution in [0.2, 0.25) is 0 Å². The molecule has 0 saturated carbocycles. The van der Waals surface area contributed by atoms with Gasteiger partial charge in [-0.25, -0.2) is 4.39 Å². The molecule has 5 rings (SSSR count). The summed E-state index contributed by atoms with van der Waals surface area (Å²) in [4.78, 5) is 31.8. The first-order chi connectivity index (χ1) is 18.7. The van der Waals surface area contributed by atoms with Gasteiger partial charge in [0.05, 0.1) is 23.2 Å². The smallest absolute Gasteiger partial charge is 0.259 e. The summed E-state index contributed by atoms with van der Waals surface area (Å²) in [7, 11) is 0. The SMILES string of the molecule is CC(C)(C)c1cccc(NC(=O)C2CCCN(C(=O)c3c(F)cccc3N3CCCC3)C2c2ccccc2)c1. The first-order valence-electron chi connectivity index (χ1n) is 14.0. The van der Waals surface area contributed by atoms with Crippen LogP contribution in [0.15, 0.2) is 72.8 Å². The quantitative estimate of drug-likeness (QED) is 0.390. The van der Waals surface area contributed by atoms with Crippen LogP contribution >= 0.6 is 0 Å². The van der Waals surface area contributed by atoms with Crippen LogP contribution in [0.3, 0.4) is 0 Å². The predicted octanol–water partition coefficient (Wildman–Crippen LogP) is 6.96. The zero-order chi connectivity index (χ0) is 27.6. The number of hydrogen-bond acceptors (Lipinski definition) is 3. The van der Waals surface area contributed by atoms with Crippen molar-refractivity contribution in [3.05, 3.63) is 95.3 Å².